The molecule has 0 aliphatic rings. The summed E-state index contributed by atoms with van der Waals surface area (Å²) in [7, 11) is 0. The van der Waals surface area contributed by atoms with E-state index in [1.54, 1.807) is 12.1 Å². The summed E-state index contributed by atoms with van der Waals surface area (Å²) in [5.41, 5.74) is 0. The highest BCUT2D eigenvalue weighted by Gasteiger charge is 2.04. The Morgan fingerprint density at radius 3 is 1.45 bits per heavy atom. The van der Waals surface area contributed by atoms with Gasteiger partial charge in [0, 0.05) is 13.8 Å². The van der Waals surface area contributed by atoms with E-state index in [9.17, 15) is 9.59 Å². The molecule has 3 rings (SSSR count). The van der Waals surface area contributed by atoms with Crippen molar-refractivity contribution in [3.05, 3.63) is 48.5 Å². The Bertz CT molecular complexity index is 825. The molecule has 0 aromatic heterocycles. The number of hydrogen-bond donors (Lipinski definition) is 0. The molecule has 110 valence electrons. The fourth-order valence-electron chi connectivity index (χ4n) is 2.41. The van der Waals surface area contributed by atoms with Gasteiger partial charge in [-0.15, -0.1) is 0 Å². The van der Waals surface area contributed by atoms with E-state index < -0.39 is 0 Å². The molecular weight excluding hydrogens is 280 g/mol. The summed E-state index contributed by atoms with van der Waals surface area (Å²) in [5, 5.41) is 3.99. The first-order chi connectivity index (χ1) is 10.5. The van der Waals surface area contributed by atoms with Crippen LogP contribution in [0.3, 0.4) is 0 Å². The highest BCUT2D eigenvalue weighted by Crippen LogP contribution is 2.28. The number of rotatable bonds is 2. The van der Waals surface area contributed by atoms with E-state index in [2.05, 4.69) is 0 Å². The van der Waals surface area contributed by atoms with E-state index in [1.807, 2.05) is 36.4 Å². The van der Waals surface area contributed by atoms with E-state index in [1.165, 1.54) is 13.8 Å². The molecule has 0 aliphatic carbocycles. The van der Waals surface area contributed by atoms with Crippen molar-refractivity contribution in [3.8, 4) is 11.5 Å². The summed E-state index contributed by atoms with van der Waals surface area (Å²) in [6, 6.07) is 15.0. The lowest BCUT2D eigenvalue weighted by molar-refractivity contribution is -0.132. The number of ether oxygens (including phenoxy) is 2. The van der Waals surface area contributed by atoms with E-state index in [0.29, 0.717) is 11.5 Å². The largest absolute Gasteiger partial charge is 0.427 e. The average molecular weight is 294 g/mol. The van der Waals surface area contributed by atoms with Gasteiger partial charge in [-0.05, 0) is 57.9 Å². The summed E-state index contributed by atoms with van der Waals surface area (Å²) >= 11 is 0. The number of hydrogen-bond acceptors (Lipinski definition) is 4. The van der Waals surface area contributed by atoms with Gasteiger partial charge in [0.2, 0.25) is 0 Å². The lowest BCUT2D eigenvalue weighted by Gasteiger charge is -2.07. The molecule has 0 fully saturated rings. The Labute approximate surface area is 127 Å². The summed E-state index contributed by atoms with van der Waals surface area (Å²) in [4.78, 5) is 22.1. The Morgan fingerprint density at radius 2 is 1.05 bits per heavy atom. The SMILES string of the molecule is CC(=O)Oc1ccc2cc3ccc(OC(C)=O)cc3cc2c1. The zero-order chi connectivity index (χ0) is 15.7. The van der Waals surface area contributed by atoms with Crippen LogP contribution in [0, 0.1) is 0 Å². The normalized spacial score (nSPS) is 10.6. The fraction of sp³-hybridized carbons (Fsp3) is 0.111. The Kier molecular flexibility index (Phi) is 3.51. The minimum atomic E-state index is -0.350. The zero-order valence-corrected chi connectivity index (χ0v) is 12.3. The van der Waals surface area contributed by atoms with Crippen LogP contribution in [-0.4, -0.2) is 11.9 Å². The van der Waals surface area contributed by atoms with Gasteiger partial charge in [0.05, 0.1) is 0 Å². The van der Waals surface area contributed by atoms with Gasteiger partial charge in [0.1, 0.15) is 11.5 Å². The lowest BCUT2D eigenvalue weighted by Crippen LogP contribution is -2.01. The number of esters is 2. The minimum Gasteiger partial charge on any atom is -0.427 e. The minimum absolute atomic E-state index is 0.350. The van der Waals surface area contributed by atoms with Crippen LogP contribution >= 0.6 is 0 Å². The van der Waals surface area contributed by atoms with Gasteiger partial charge in [0.15, 0.2) is 0 Å². The molecule has 0 bridgehead atoms. The van der Waals surface area contributed by atoms with Crippen molar-refractivity contribution >= 4 is 33.5 Å². The maximum Gasteiger partial charge on any atom is 0.308 e. The Morgan fingerprint density at radius 1 is 0.636 bits per heavy atom. The Balaban J connectivity index is 2.10. The van der Waals surface area contributed by atoms with Crippen molar-refractivity contribution in [2.45, 2.75) is 13.8 Å². The van der Waals surface area contributed by atoms with Gasteiger partial charge in [-0.25, -0.2) is 0 Å². The molecule has 0 aliphatic heterocycles. The van der Waals surface area contributed by atoms with Gasteiger partial charge in [0.25, 0.3) is 0 Å². The fourth-order valence-corrected chi connectivity index (χ4v) is 2.41. The molecule has 0 spiro atoms. The zero-order valence-electron chi connectivity index (χ0n) is 12.3. The third-order valence-corrected chi connectivity index (χ3v) is 3.26. The molecule has 0 heterocycles. The van der Waals surface area contributed by atoms with Gasteiger partial charge in [-0.2, -0.15) is 0 Å². The molecule has 4 heteroatoms. The second-order valence-electron chi connectivity index (χ2n) is 5.06. The highest BCUT2D eigenvalue weighted by molar-refractivity contribution is 5.99. The van der Waals surface area contributed by atoms with Crippen molar-refractivity contribution in [1.82, 2.24) is 0 Å². The lowest BCUT2D eigenvalue weighted by atomic mass is 10.0. The number of carbonyl (C=O) groups is 2. The molecule has 22 heavy (non-hydrogen) atoms. The molecule has 0 saturated carbocycles. The summed E-state index contributed by atoms with van der Waals surface area (Å²) in [6.07, 6.45) is 0. The first-order valence-electron chi connectivity index (χ1n) is 6.86. The van der Waals surface area contributed by atoms with Gasteiger partial charge < -0.3 is 9.47 Å². The van der Waals surface area contributed by atoms with Crippen molar-refractivity contribution in [3.63, 3.8) is 0 Å². The average Bonchev–Trinajstić information content (AvgIpc) is 2.43. The molecular formula is C18H14O4. The highest BCUT2D eigenvalue weighted by atomic mass is 16.5. The van der Waals surface area contributed by atoms with Gasteiger partial charge in [-0.1, -0.05) is 12.1 Å². The van der Waals surface area contributed by atoms with Crippen molar-refractivity contribution in [1.29, 1.82) is 0 Å². The monoisotopic (exact) mass is 294 g/mol. The van der Waals surface area contributed by atoms with Crippen LogP contribution in [0.4, 0.5) is 0 Å². The molecule has 3 aromatic carbocycles. The molecule has 0 amide bonds. The number of benzene rings is 3. The molecule has 4 nitrogen and oxygen atoms in total. The summed E-state index contributed by atoms with van der Waals surface area (Å²) in [5.74, 6) is 0.320. The molecule has 0 saturated heterocycles. The third kappa shape index (κ3) is 2.91. The van der Waals surface area contributed by atoms with Gasteiger partial charge >= 0.3 is 11.9 Å². The standard InChI is InChI=1S/C18H14O4/c1-11(19)21-17-5-3-13-7-14-4-6-18(22-12(2)20)10-16(14)8-15(13)9-17/h3-10H,1-2H3. The van der Waals surface area contributed by atoms with Crippen molar-refractivity contribution < 1.29 is 19.1 Å². The van der Waals surface area contributed by atoms with Crippen LogP contribution in [0.15, 0.2) is 48.5 Å². The van der Waals surface area contributed by atoms with Crippen LogP contribution in [-0.2, 0) is 9.59 Å². The quantitative estimate of drug-likeness (QED) is 0.409. The molecule has 0 unspecified atom stereocenters. The maximum atomic E-state index is 11.0. The molecule has 3 aromatic rings. The van der Waals surface area contributed by atoms with Gasteiger partial charge in [-0.3, -0.25) is 9.59 Å². The molecule has 0 N–H and O–H groups in total. The predicted octanol–water partition coefficient (Wildman–Crippen LogP) is 3.84. The van der Waals surface area contributed by atoms with E-state index in [0.717, 1.165) is 21.5 Å². The van der Waals surface area contributed by atoms with E-state index in [4.69, 9.17) is 9.47 Å². The van der Waals surface area contributed by atoms with E-state index >= 15 is 0 Å². The Hall–Kier alpha value is -2.88. The first kappa shape index (κ1) is 14.1. The van der Waals surface area contributed by atoms with Crippen LogP contribution in [0.25, 0.3) is 21.5 Å². The molecule has 0 atom stereocenters. The first-order valence-corrected chi connectivity index (χ1v) is 6.86. The van der Waals surface area contributed by atoms with Crippen molar-refractivity contribution in [2.24, 2.45) is 0 Å². The number of carbonyl (C=O) groups excluding carboxylic acids is 2. The van der Waals surface area contributed by atoms with Crippen LogP contribution < -0.4 is 9.47 Å². The topological polar surface area (TPSA) is 52.6 Å². The van der Waals surface area contributed by atoms with E-state index in [-0.39, 0.29) is 11.9 Å². The summed E-state index contributed by atoms with van der Waals surface area (Å²) < 4.78 is 10.2. The van der Waals surface area contributed by atoms with Crippen LogP contribution in [0.5, 0.6) is 11.5 Å². The smallest absolute Gasteiger partial charge is 0.308 e. The second-order valence-corrected chi connectivity index (χ2v) is 5.06. The second kappa shape index (κ2) is 5.48. The number of fused-ring (bicyclic) bond motifs is 2. The van der Waals surface area contributed by atoms with Crippen molar-refractivity contribution in [2.75, 3.05) is 0 Å². The maximum absolute atomic E-state index is 11.0. The van der Waals surface area contributed by atoms with Crippen LogP contribution in [0.2, 0.25) is 0 Å². The summed E-state index contributed by atoms with van der Waals surface area (Å²) in [6.45, 7) is 2.74. The van der Waals surface area contributed by atoms with Crippen LogP contribution in [0.1, 0.15) is 13.8 Å². The predicted molar refractivity (Wildman–Crippen MR) is 84.1 cm³/mol. The third-order valence-electron chi connectivity index (χ3n) is 3.26. The molecule has 0 radical (unpaired) electrons.